The maximum atomic E-state index is 13.5. The number of ether oxygens (including phenoxy) is 6. The van der Waals surface area contributed by atoms with E-state index in [0.29, 0.717) is 96.7 Å². The molecular weight excluding hydrogens is 798 g/mol. The van der Waals surface area contributed by atoms with E-state index in [1.807, 2.05) is 0 Å². The molecule has 1 heterocycles. The molecule has 0 saturated carbocycles. The number of aromatic nitrogens is 3. The quantitative estimate of drug-likeness (QED) is 0.0471. The molecule has 0 spiro atoms. The van der Waals surface area contributed by atoms with Crippen LogP contribution in [-0.4, -0.2) is 108 Å². The molecule has 0 aliphatic carbocycles. The molecule has 1 rings (SSSR count). The Morgan fingerprint density at radius 3 is 0.900 bits per heavy atom. The third-order valence-corrected chi connectivity index (χ3v) is 8.42. The molecule has 6 amide bonds. The van der Waals surface area contributed by atoms with Crippen molar-refractivity contribution in [1.29, 1.82) is 0 Å². The van der Waals surface area contributed by atoms with Crippen molar-refractivity contribution >= 4 is 36.6 Å². The lowest BCUT2D eigenvalue weighted by atomic mass is 10.2. The summed E-state index contributed by atoms with van der Waals surface area (Å²) >= 11 is 0. The van der Waals surface area contributed by atoms with E-state index in [1.54, 1.807) is 20.8 Å². The first-order valence-electron chi connectivity index (χ1n) is 20.1. The minimum absolute atomic E-state index is 0.0783. The monoisotopic (exact) mass is 861 g/mol. The van der Waals surface area contributed by atoms with Crippen molar-refractivity contribution in [3.63, 3.8) is 0 Å². The molecule has 0 fully saturated rings. The van der Waals surface area contributed by atoms with Gasteiger partial charge in [-0.1, -0.05) is 38.5 Å². The van der Waals surface area contributed by atoms with Gasteiger partial charge in [-0.2, -0.15) is 0 Å². The van der Waals surface area contributed by atoms with Crippen LogP contribution in [-0.2, 0) is 48.1 Å². The van der Waals surface area contributed by atoms with Crippen LogP contribution in [0.2, 0.25) is 0 Å². The number of unbranched alkanes of at least 4 members (excludes halogenated alkanes) is 9. The Morgan fingerprint density at radius 1 is 0.433 bits per heavy atom. The van der Waals surface area contributed by atoms with E-state index < -0.39 is 71.9 Å². The van der Waals surface area contributed by atoms with Gasteiger partial charge in [0.2, 0.25) is 0 Å². The summed E-state index contributed by atoms with van der Waals surface area (Å²) in [5.41, 5.74) is 12.6. The molecule has 342 valence electrons. The number of nitrogens with two attached hydrogens (primary N) is 3. The van der Waals surface area contributed by atoms with Crippen LogP contribution in [0, 0.1) is 0 Å². The number of nitrogens with zero attached hydrogens (tertiary/aromatic N) is 3. The maximum absolute atomic E-state index is 13.5. The Balaban J connectivity index is 2.74. The van der Waals surface area contributed by atoms with Gasteiger partial charge < -0.3 is 61.6 Å². The second-order valence-electron chi connectivity index (χ2n) is 13.9. The number of carbonyl (C=O) groups is 6. The van der Waals surface area contributed by atoms with Gasteiger partial charge in [0.15, 0.2) is 0 Å². The van der Waals surface area contributed by atoms with Crippen molar-refractivity contribution in [2.45, 2.75) is 136 Å². The fraction of sp³-hybridized carbons (Fsp3) is 0.750. The van der Waals surface area contributed by atoms with Crippen molar-refractivity contribution in [2.75, 3.05) is 39.5 Å². The Hall–Kier alpha value is -5.97. The average molecular weight is 862 g/mol. The number of hydrogen-bond acceptors (Lipinski definition) is 15. The topological polar surface area (TPSA) is 338 Å². The number of rotatable bonds is 30. The van der Waals surface area contributed by atoms with Gasteiger partial charge in [-0.3, -0.25) is 0 Å². The molecule has 0 aliphatic rings. The number of hydrogen-bond donors (Lipinski definition) is 6. The lowest BCUT2D eigenvalue weighted by Crippen LogP contribution is -2.54. The fourth-order valence-electron chi connectivity index (χ4n) is 5.45. The van der Waals surface area contributed by atoms with E-state index in [-0.39, 0.29) is 39.5 Å². The van der Waals surface area contributed by atoms with Crippen LogP contribution in [0.25, 0.3) is 0 Å². The first-order valence-corrected chi connectivity index (χ1v) is 20.1. The van der Waals surface area contributed by atoms with Gasteiger partial charge in [0.05, 0.1) is 0 Å². The van der Waals surface area contributed by atoms with E-state index in [1.165, 1.54) is 0 Å². The van der Waals surface area contributed by atoms with E-state index in [2.05, 4.69) is 30.2 Å². The van der Waals surface area contributed by atoms with Crippen molar-refractivity contribution in [3.8, 4) is 0 Å². The molecule has 3 atom stereocenters. The Labute approximate surface area is 347 Å². The normalized spacial score (nSPS) is 12.2. The summed E-state index contributed by atoms with van der Waals surface area (Å²) in [6.45, 7) is 5.25. The molecule has 0 saturated heterocycles. The first-order chi connectivity index (χ1) is 28.5. The van der Waals surface area contributed by atoms with Gasteiger partial charge in [0.25, 0.3) is 0 Å². The summed E-state index contributed by atoms with van der Waals surface area (Å²) < 4.78 is 32.2. The van der Waals surface area contributed by atoms with Crippen molar-refractivity contribution in [1.82, 2.24) is 29.7 Å². The Kier molecular flexibility index (Phi) is 26.1. The van der Waals surface area contributed by atoms with Gasteiger partial charge in [-0.25, -0.2) is 56.9 Å². The van der Waals surface area contributed by atoms with Crippen LogP contribution in [0.3, 0.4) is 0 Å². The van der Waals surface area contributed by atoms with Crippen molar-refractivity contribution in [3.05, 3.63) is 31.5 Å². The van der Waals surface area contributed by atoms with Crippen LogP contribution in [0.1, 0.15) is 97.8 Å². The lowest BCUT2D eigenvalue weighted by Gasteiger charge is -2.15. The van der Waals surface area contributed by atoms with Crippen molar-refractivity contribution < 1.29 is 57.2 Å². The third kappa shape index (κ3) is 24.1. The molecule has 0 aromatic carbocycles. The van der Waals surface area contributed by atoms with Gasteiger partial charge in [-0.15, -0.1) is 0 Å². The predicted octanol–water partition coefficient (Wildman–Crippen LogP) is 1.48. The second kappa shape index (κ2) is 30.1. The summed E-state index contributed by atoms with van der Waals surface area (Å²) in [4.78, 5) is 108. The predicted molar refractivity (Wildman–Crippen MR) is 213 cm³/mol. The summed E-state index contributed by atoms with van der Waals surface area (Å²) in [5.74, 6) is 0. The van der Waals surface area contributed by atoms with E-state index in [0.717, 1.165) is 13.7 Å². The largest absolute Gasteiger partial charge is 0.446 e. The standard InChI is InChI=1S/C36H63N9O15/c1-25(22-55-28(37)46)58-31(49)40-16-10-4-7-13-19-43-34(52)44(20-14-8-5-11-17-41-32(50)59-26(2)23-56-29(38)47)36(54)45(35(43)53)21-15-9-6-12-18-42-33(51)60-27(3)24-57-30(39)48/h25-27H,4-24H2,1-3H3,(H2,37,46)(H2,38,47)(H2,39,48)(H,40,49)(H,41,50)(H,42,51). The van der Waals surface area contributed by atoms with Crippen LogP contribution in [0.15, 0.2) is 14.4 Å². The number of carbonyl (C=O) groups excluding carboxylic acids is 6. The SMILES string of the molecule is CC(COC(N)=O)OC(=O)NCCCCCCn1c(=O)n(CCCCCCNC(=O)OC(C)COC(N)=O)c(=O)n(CCCCCCNC(=O)OC(C)COC(N)=O)c1=O. The summed E-state index contributed by atoms with van der Waals surface area (Å²) in [6.07, 6.45) is -0.0732. The molecule has 0 bridgehead atoms. The highest BCUT2D eigenvalue weighted by Gasteiger charge is 2.17. The minimum Gasteiger partial charge on any atom is -0.446 e. The van der Waals surface area contributed by atoms with Gasteiger partial charge in [0, 0.05) is 39.3 Å². The fourth-order valence-corrected chi connectivity index (χ4v) is 5.45. The Bertz CT molecular complexity index is 1460. The van der Waals surface area contributed by atoms with E-state index >= 15 is 0 Å². The van der Waals surface area contributed by atoms with Gasteiger partial charge in [-0.05, 0) is 59.3 Å². The number of nitrogens with one attached hydrogen (secondary N) is 3. The van der Waals surface area contributed by atoms with Gasteiger partial charge in [0.1, 0.15) is 38.1 Å². The van der Waals surface area contributed by atoms with E-state index in [4.69, 9.17) is 31.4 Å². The molecule has 60 heavy (non-hydrogen) atoms. The third-order valence-electron chi connectivity index (χ3n) is 8.42. The smallest absolute Gasteiger partial charge is 0.407 e. The lowest BCUT2D eigenvalue weighted by molar-refractivity contribution is 0.0560. The molecule has 0 radical (unpaired) electrons. The molecule has 24 nitrogen and oxygen atoms in total. The van der Waals surface area contributed by atoms with E-state index in [9.17, 15) is 43.2 Å². The number of amides is 6. The molecule has 1 aromatic heterocycles. The number of primary amides is 3. The molecule has 24 heteroatoms. The Morgan fingerprint density at radius 2 is 0.667 bits per heavy atom. The zero-order valence-electron chi connectivity index (χ0n) is 34.8. The molecule has 9 N–H and O–H groups in total. The number of alkyl carbamates (subject to hydrolysis) is 3. The van der Waals surface area contributed by atoms with Crippen LogP contribution in [0.4, 0.5) is 28.8 Å². The van der Waals surface area contributed by atoms with Crippen LogP contribution in [0.5, 0.6) is 0 Å². The second-order valence-corrected chi connectivity index (χ2v) is 13.9. The molecular formula is C36H63N9O15. The highest BCUT2D eigenvalue weighted by Crippen LogP contribution is 2.04. The highest BCUT2D eigenvalue weighted by molar-refractivity contribution is 5.68. The molecule has 0 aliphatic heterocycles. The summed E-state index contributed by atoms with van der Waals surface area (Å²) in [7, 11) is 0. The maximum Gasteiger partial charge on any atom is 0.407 e. The summed E-state index contributed by atoms with van der Waals surface area (Å²) in [6, 6.07) is 0. The van der Waals surface area contributed by atoms with Gasteiger partial charge >= 0.3 is 53.6 Å². The highest BCUT2D eigenvalue weighted by atomic mass is 16.6. The van der Waals surface area contributed by atoms with Crippen LogP contribution >= 0.6 is 0 Å². The average Bonchev–Trinajstić information content (AvgIpc) is 3.17. The summed E-state index contributed by atoms with van der Waals surface area (Å²) in [5, 5.41) is 7.79. The van der Waals surface area contributed by atoms with Crippen molar-refractivity contribution in [2.24, 2.45) is 17.2 Å². The zero-order chi connectivity index (χ0) is 44.9. The first kappa shape index (κ1) is 52.0. The zero-order valence-corrected chi connectivity index (χ0v) is 34.8. The molecule has 1 aromatic rings. The van der Waals surface area contributed by atoms with Crippen LogP contribution < -0.4 is 50.2 Å². The minimum atomic E-state index is -0.976. The molecule has 3 unspecified atom stereocenters.